The van der Waals surface area contributed by atoms with Gasteiger partial charge in [0, 0.05) is 17.3 Å². The average molecular weight is 367 g/mol. The summed E-state index contributed by atoms with van der Waals surface area (Å²) in [4.78, 5) is 23.9. The molecule has 3 amide bonds. The van der Waals surface area contributed by atoms with E-state index >= 15 is 0 Å². The summed E-state index contributed by atoms with van der Waals surface area (Å²) in [5, 5.41) is 13.0. The lowest BCUT2D eigenvalue weighted by Gasteiger charge is -2.24. The molecule has 2 aliphatic rings. The monoisotopic (exact) mass is 367 g/mol. The van der Waals surface area contributed by atoms with Crippen LogP contribution in [0, 0.1) is 0 Å². The Balaban J connectivity index is 1.35. The number of hydrogen-bond donors (Lipinski definition) is 3. The van der Waals surface area contributed by atoms with Crippen molar-refractivity contribution in [1.29, 1.82) is 0 Å². The number of carbonyl (C=O) groups is 2. The molecule has 1 aromatic heterocycles. The van der Waals surface area contributed by atoms with E-state index in [1.807, 2.05) is 29.1 Å². The summed E-state index contributed by atoms with van der Waals surface area (Å²) in [5.41, 5.74) is 3.49. The molecule has 3 N–H and O–H groups in total. The van der Waals surface area contributed by atoms with Crippen LogP contribution in [0.3, 0.4) is 0 Å². The number of urea groups is 1. The molecule has 0 bridgehead atoms. The summed E-state index contributed by atoms with van der Waals surface area (Å²) in [6, 6.07) is 10.2. The first-order valence-corrected chi connectivity index (χ1v) is 9.61. The highest BCUT2D eigenvalue weighted by atomic mass is 16.2. The number of benzene rings is 1. The molecule has 0 saturated heterocycles. The number of nitrogens with zero attached hydrogens (tertiary/aromatic N) is 2. The van der Waals surface area contributed by atoms with Gasteiger partial charge in [0.25, 0.3) is 0 Å². The van der Waals surface area contributed by atoms with Crippen LogP contribution < -0.4 is 16.0 Å². The predicted molar refractivity (Wildman–Crippen MR) is 101 cm³/mol. The van der Waals surface area contributed by atoms with E-state index in [2.05, 4.69) is 33.2 Å². The molecule has 2 aromatic rings. The predicted octanol–water partition coefficient (Wildman–Crippen LogP) is 1.89. The SMILES string of the molecule is O=C(CNC(=O)NC1CC1)N[C@H]1CCCc2c1cnn2Cc1ccccc1. The number of carbonyl (C=O) groups excluding carboxylic acids is 2. The third-order valence-electron chi connectivity index (χ3n) is 5.10. The first kappa shape index (κ1) is 17.6. The standard InChI is InChI=1S/C20H25N5O2/c26-19(12-21-20(27)23-15-9-10-15)24-17-7-4-8-18-16(17)11-22-25(18)13-14-5-2-1-3-6-14/h1-3,5-6,11,15,17H,4,7-10,12-13H2,(H,24,26)(H2,21,23,27)/t17-/m0/s1. The zero-order valence-corrected chi connectivity index (χ0v) is 15.3. The molecular weight excluding hydrogens is 342 g/mol. The Hall–Kier alpha value is -2.83. The molecule has 7 heteroatoms. The topological polar surface area (TPSA) is 88.1 Å². The van der Waals surface area contributed by atoms with Gasteiger partial charge in [-0.3, -0.25) is 9.48 Å². The Morgan fingerprint density at radius 1 is 1.11 bits per heavy atom. The van der Waals surface area contributed by atoms with Gasteiger partial charge in [-0.1, -0.05) is 30.3 Å². The van der Waals surface area contributed by atoms with Crippen LogP contribution in [0.25, 0.3) is 0 Å². The first-order chi connectivity index (χ1) is 13.2. The van der Waals surface area contributed by atoms with Crippen LogP contribution in [0.15, 0.2) is 36.5 Å². The molecular formula is C20H25N5O2. The lowest BCUT2D eigenvalue weighted by Crippen LogP contribution is -2.43. The molecule has 1 heterocycles. The van der Waals surface area contributed by atoms with E-state index < -0.39 is 0 Å². The average Bonchev–Trinajstić information content (AvgIpc) is 3.40. The summed E-state index contributed by atoms with van der Waals surface area (Å²) in [7, 11) is 0. The molecule has 0 unspecified atom stereocenters. The maximum absolute atomic E-state index is 12.2. The summed E-state index contributed by atoms with van der Waals surface area (Å²) < 4.78 is 2.03. The largest absolute Gasteiger partial charge is 0.348 e. The zero-order valence-electron chi connectivity index (χ0n) is 15.3. The fourth-order valence-electron chi connectivity index (χ4n) is 3.53. The Labute approximate surface area is 158 Å². The van der Waals surface area contributed by atoms with Crippen molar-refractivity contribution in [3.05, 3.63) is 53.3 Å². The Morgan fingerprint density at radius 3 is 2.70 bits per heavy atom. The summed E-state index contributed by atoms with van der Waals surface area (Å²) in [6.45, 7) is 0.724. The van der Waals surface area contributed by atoms with Crippen LogP contribution in [-0.4, -0.2) is 34.3 Å². The minimum atomic E-state index is -0.271. The fraction of sp³-hybridized carbons (Fsp3) is 0.450. The molecule has 7 nitrogen and oxygen atoms in total. The lowest BCUT2D eigenvalue weighted by atomic mass is 9.93. The molecule has 1 saturated carbocycles. The normalized spacial score (nSPS) is 18.4. The third-order valence-corrected chi connectivity index (χ3v) is 5.10. The van der Waals surface area contributed by atoms with Gasteiger partial charge >= 0.3 is 6.03 Å². The summed E-state index contributed by atoms with van der Waals surface area (Å²) >= 11 is 0. The van der Waals surface area contributed by atoms with Crippen molar-refractivity contribution in [2.75, 3.05) is 6.54 Å². The van der Waals surface area contributed by atoms with Gasteiger partial charge in [-0.15, -0.1) is 0 Å². The minimum absolute atomic E-state index is 0.0114. The molecule has 2 aliphatic carbocycles. The second-order valence-corrected chi connectivity index (χ2v) is 7.30. The molecule has 0 radical (unpaired) electrons. The van der Waals surface area contributed by atoms with Crippen molar-refractivity contribution in [2.24, 2.45) is 0 Å². The Morgan fingerprint density at radius 2 is 1.93 bits per heavy atom. The van der Waals surface area contributed by atoms with E-state index in [0.717, 1.165) is 44.2 Å². The van der Waals surface area contributed by atoms with E-state index in [4.69, 9.17) is 0 Å². The zero-order chi connectivity index (χ0) is 18.6. The van der Waals surface area contributed by atoms with Crippen LogP contribution in [-0.2, 0) is 17.8 Å². The van der Waals surface area contributed by atoms with Crippen molar-refractivity contribution in [1.82, 2.24) is 25.7 Å². The van der Waals surface area contributed by atoms with Crippen molar-refractivity contribution < 1.29 is 9.59 Å². The van der Waals surface area contributed by atoms with Gasteiger partial charge in [0.2, 0.25) is 5.91 Å². The van der Waals surface area contributed by atoms with Crippen LogP contribution in [0.1, 0.15) is 48.5 Å². The summed E-state index contributed by atoms with van der Waals surface area (Å²) in [6.07, 6.45) is 6.79. The number of nitrogens with one attached hydrogen (secondary N) is 3. The number of hydrogen-bond acceptors (Lipinski definition) is 3. The van der Waals surface area contributed by atoms with E-state index in [1.54, 1.807) is 0 Å². The Kier molecular flexibility index (Phi) is 5.09. The number of fused-ring (bicyclic) bond motifs is 1. The van der Waals surface area contributed by atoms with Gasteiger partial charge in [-0.2, -0.15) is 5.10 Å². The van der Waals surface area contributed by atoms with Crippen LogP contribution in [0.5, 0.6) is 0 Å². The maximum atomic E-state index is 12.2. The van der Waals surface area contributed by atoms with Crippen LogP contribution in [0.4, 0.5) is 4.79 Å². The van der Waals surface area contributed by atoms with Crippen molar-refractivity contribution in [3.63, 3.8) is 0 Å². The van der Waals surface area contributed by atoms with Gasteiger partial charge in [0.05, 0.1) is 25.3 Å². The van der Waals surface area contributed by atoms with Gasteiger partial charge < -0.3 is 16.0 Å². The molecule has 4 rings (SSSR count). The minimum Gasteiger partial charge on any atom is -0.348 e. The lowest BCUT2D eigenvalue weighted by molar-refractivity contribution is -0.120. The number of aromatic nitrogens is 2. The molecule has 1 aromatic carbocycles. The van der Waals surface area contributed by atoms with E-state index in [-0.39, 0.29) is 30.6 Å². The highest BCUT2D eigenvalue weighted by Gasteiger charge is 2.26. The molecule has 27 heavy (non-hydrogen) atoms. The van der Waals surface area contributed by atoms with Crippen LogP contribution >= 0.6 is 0 Å². The highest BCUT2D eigenvalue weighted by molar-refractivity contribution is 5.84. The maximum Gasteiger partial charge on any atom is 0.315 e. The van der Waals surface area contributed by atoms with Crippen LogP contribution in [0.2, 0.25) is 0 Å². The van der Waals surface area contributed by atoms with Gasteiger partial charge in [-0.05, 0) is 37.7 Å². The van der Waals surface area contributed by atoms with E-state index in [0.29, 0.717) is 0 Å². The fourth-order valence-corrected chi connectivity index (χ4v) is 3.53. The van der Waals surface area contributed by atoms with Crippen molar-refractivity contribution in [3.8, 4) is 0 Å². The quantitative estimate of drug-likeness (QED) is 0.728. The summed E-state index contributed by atoms with van der Waals surface area (Å²) in [5.74, 6) is -0.172. The van der Waals surface area contributed by atoms with Crippen molar-refractivity contribution >= 4 is 11.9 Å². The first-order valence-electron chi connectivity index (χ1n) is 9.61. The second kappa shape index (κ2) is 7.82. The molecule has 1 fully saturated rings. The van der Waals surface area contributed by atoms with Gasteiger partial charge in [-0.25, -0.2) is 4.79 Å². The second-order valence-electron chi connectivity index (χ2n) is 7.30. The third kappa shape index (κ3) is 4.48. The van der Waals surface area contributed by atoms with E-state index in [9.17, 15) is 9.59 Å². The molecule has 142 valence electrons. The highest BCUT2D eigenvalue weighted by Crippen LogP contribution is 2.29. The molecule has 0 aliphatic heterocycles. The van der Waals surface area contributed by atoms with Gasteiger partial charge in [0.15, 0.2) is 0 Å². The Bertz CT molecular complexity index is 813. The number of amides is 3. The smallest absolute Gasteiger partial charge is 0.315 e. The molecule has 0 spiro atoms. The molecule has 1 atom stereocenters. The van der Waals surface area contributed by atoms with E-state index in [1.165, 1.54) is 11.3 Å². The number of rotatable bonds is 6. The van der Waals surface area contributed by atoms with Crippen molar-refractivity contribution in [2.45, 2.75) is 50.7 Å². The van der Waals surface area contributed by atoms with Gasteiger partial charge in [0.1, 0.15) is 0 Å².